The summed E-state index contributed by atoms with van der Waals surface area (Å²) >= 11 is 0. The molecule has 1 amide bonds. The Bertz CT molecular complexity index is 661. The number of anilines is 1. The van der Waals surface area contributed by atoms with Crippen molar-refractivity contribution in [1.82, 2.24) is 5.32 Å². The molecule has 26 heavy (non-hydrogen) atoms. The van der Waals surface area contributed by atoms with Gasteiger partial charge in [-0.2, -0.15) is 0 Å². The highest BCUT2D eigenvalue weighted by Gasteiger charge is 2.24. The van der Waals surface area contributed by atoms with E-state index in [0.29, 0.717) is 30.5 Å². The molecule has 0 aromatic heterocycles. The second-order valence-electron chi connectivity index (χ2n) is 6.39. The van der Waals surface area contributed by atoms with E-state index < -0.39 is 10.0 Å². The fourth-order valence-electron chi connectivity index (χ4n) is 2.71. The molecule has 0 aliphatic rings. The van der Waals surface area contributed by atoms with Gasteiger partial charge in [0, 0.05) is 6.54 Å². The number of hydrogen-bond donors (Lipinski definition) is 1. The predicted octanol–water partition coefficient (Wildman–Crippen LogP) is 3.18. The molecule has 148 valence electrons. The summed E-state index contributed by atoms with van der Waals surface area (Å²) < 4.78 is 31.1. The van der Waals surface area contributed by atoms with Gasteiger partial charge >= 0.3 is 0 Å². The van der Waals surface area contributed by atoms with Crippen LogP contribution in [0.4, 0.5) is 5.69 Å². The van der Waals surface area contributed by atoms with E-state index in [4.69, 9.17) is 4.74 Å². The summed E-state index contributed by atoms with van der Waals surface area (Å²) in [6.45, 7) is 6.80. The lowest BCUT2D eigenvalue weighted by molar-refractivity contribution is -0.119. The van der Waals surface area contributed by atoms with Crippen molar-refractivity contribution in [1.29, 1.82) is 0 Å². The molecular formula is C19H32N2O4S. The van der Waals surface area contributed by atoms with Crippen LogP contribution in [0.15, 0.2) is 24.3 Å². The number of unbranched alkanes of at least 4 members (excludes halogenated alkanes) is 1. The molecule has 0 spiro atoms. The van der Waals surface area contributed by atoms with Crippen LogP contribution in [0.3, 0.4) is 0 Å². The minimum atomic E-state index is -3.62. The van der Waals surface area contributed by atoms with E-state index in [1.807, 2.05) is 6.92 Å². The number of nitrogens with one attached hydrogen (secondary N) is 1. The van der Waals surface area contributed by atoms with Crippen molar-refractivity contribution in [2.75, 3.05) is 30.3 Å². The van der Waals surface area contributed by atoms with Crippen molar-refractivity contribution in [3.63, 3.8) is 0 Å². The van der Waals surface area contributed by atoms with Gasteiger partial charge in [-0.15, -0.1) is 0 Å². The SMILES string of the molecule is CCCC[C@@H](CC)CNC(=O)CN(c1ccccc1OCC)S(C)(=O)=O. The molecule has 0 aliphatic carbocycles. The van der Waals surface area contributed by atoms with Crippen LogP contribution in [0.5, 0.6) is 5.75 Å². The molecule has 0 bridgehead atoms. The summed E-state index contributed by atoms with van der Waals surface area (Å²) in [6.07, 6.45) is 5.41. The summed E-state index contributed by atoms with van der Waals surface area (Å²) in [6, 6.07) is 6.85. The zero-order valence-electron chi connectivity index (χ0n) is 16.3. The van der Waals surface area contributed by atoms with Crippen LogP contribution in [-0.2, 0) is 14.8 Å². The van der Waals surface area contributed by atoms with Gasteiger partial charge in [0.1, 0.15) is 12.3 Å². The molecule has 0 radical (unpaired) electrons. The zero-order chi connectivity index (χ0) is 19.6. The highest BCUT2D eigenvalue weighted by atomic mass is 32.2. The van der Waals surface area contributed by atoms with Crippen LogP contribution in [0.1, 0.15) is 46.5 Å². The summed E-state index contributed by atoms with van der Waals surface area (Å²) in [5, 5.41) is 2.88. The second-order valence-corrected chi connectivity index (χ2v) is 8.30. The quantitative estimate of drug-likeness (QED) is 0.600. The molecule has 0 aliphatic heterocycles. The van der Waals surface area contributed by atoms with Gasteiger partial charge in [-0.25, -0.2) is 8.42 Å². The molecule has 1 N–H and O–H groups in total. The first-order valence-electron chi connectivity index (χ1n) is 9.29. The standard InChI is InChI=1S/C19H32N2O4S/c1-5-8-11-16(6-2)14-20-19(22)15-21(26(4,23)24)17-12-9-10-13-18(17)25-7-3/h9-10,12-13,16H,5-8,11,14-15H2,1-4H3,(H,20,22)/t16-/m1/s1. The van der Waals surface area contributed by atoms with E-state index in [0.717, 1.165) is 36.2 Å². The minimum absolute atomic E-state index is 0.257. The fourth-order valence-corrected chi connectivity index (χ4v) is 3.57. The number of carbonyl (C=O) groups is 1. The van der Waals surface area contributed by atoms with Crippen molar-refractivity contribution in [2.24, 2.45) is 5.92 Å². The second kappa shape index (κ2) is 11.1. The first-order valence-corrected chi connectivity index (χ1v) is 11.1. The summed E-state index contributed by atoms with van der Waals surface area (Å²) in [7, 11) is -3.62. The molecule has 0 saturated heterocycles. The van der Waals surface area contributed by atoms with E-state index in [2.05, 4.69) is 19.2 Å². The van der Waals surface area contributed by atoms with E-state index >= 15 is 0 Å². The molecule has 7 heteroatoms. The lowest BCUT2D eigenvalue weighted by atomic mass is 9.99. The van der Waals surface area contributed by atoms with E-state index in [-0.39, 0.29) is 12.5 Å². The highest BCUT2D eigenvalue weighted by Crippen LogP contribution is 2.29. The smallest absolute Gasteiger partial charge is 0.240 e. The van der Waals surface area contributed by atoms with Gasteiger partial charge < -0.3 is 10.1 Å². The molecule has 0 fully saturated rings. The van der Waals surface area contributed by atoms with Crippen LogP contribution < -0.4 is 14.4 Å². The maximum atomic E-state index is 12.4. The Balaban J connectivity index is 2.85. The van der Waals surface area contributed by atoms with E-state index in [1.54, 1.807) is 24.3 Å². The maximum absolute atomic E-state index is 12.4. The molecular weight excluding hydrogens is 352 g/mol. The van der Waals surface area contributed by atoms with Crippen molar-refractivity contribution in [3.05, 3.63) is 24.3 Å². The highest BCUT2D eigenvalue weighted by molar-refractivity contribution is 7.92. The van der Waals surface area contributed by atoms with Crippen LogP contribution in [-0.4, -0.2) is 40.3 Å². The molecule has 1 atom stereocenters. The normalized spacial score (nSPS) is 12.5. The van der Waals surface area contributed by atoms with E-state index in [9.17, 15) is 13.2 Å². The molecule has 1 aromatic rings. The van der Waals surface area contributed by atoms with Gasteiger partial charge in [-0.3, -0.25) is 9.10 Å². The first-order chi connectivity index (χ1) is 12.3. The topological polar surface area (TPSA) is 75.7 Å². The lowest BCUT2D eigenvalue weighted by Gasteiger charge is -2.24. The summed E-state index contributed by atoms with van der Waals surface area (Å²) in [5.41, 5.74) is 0.380. The number of para-hydroxylation sites is 2. The third-order valence-corrected chi connectivity index (χ3v) is 5.38. The van der Waals surface area contributed by atoms with Crippen LogP contribution in [0, 0.1) is 5.92 Å². The van der Waals surface area contributed by atoms with Gasteiger partial charge in [0.15, 0.2) is 0 Å². The Morgan fingerprint density at radius 2 is 1.92 bits per heavy atom. The zero-order valence-corrected chi connectivity index (χ0v) is 17.1. The van der Waals surface area contributed by atoms with Crippen LogP contribution in [0.25, 0.3) is 0 Å². The molecule has 6 nitrogen and oxygen atoms in total. The summed E-state index contributed by atoms with van der Waals surface area (Å²) in [5.74, 6) is 0.556. The minimum Gasteiger partial charge on any atom is -0.492 e. The van der Waals surface area contributed by atoms with Gasteiger partial charge in [-0.05, 0) is 31.4 Å². The van der Waals surface area contributed by atoms with Crippen LogP contribution >= 0.6 is 0 Å². The van der Waals surface area contributed by atoms with Crippen molar-refractivity contribution in [2.45, 2.75) is 46.5 Å². The number of nitrogens with zero attached hydrogens (tertiary/aromatic N) is 1. The number of amides is 1. The van der Waals surface area contributed by atoms with Gasteiger partial charge in [0.05, 0.1) is 18.6 Å². The Labute approximate surface area is 158 Å². The van der Waals surface area contributed by atoms with Crippen molar-refractivity contribution >= 4 is 21.6 Å². The molecule has 1 aromatic carbocycles. The van der Waals surface area contributed by atoms with Gasteiger partial charge in [0.2, 0.25) is 15.9 Å². The van der Waals surface area contributed by atoms with Gasteiger partial charge in [-0.1, -0.05) is 45.2 Å². The maximum Gasteiger partial charge on any atom is 0.240 e. The van der Waals surface area contributed by atoms with Crippen molar-refractivity contribution in [3.8, 4) is 5.75 Å². The Hall–Kier alpha value is -1.76. The Morgan fingerprint density at radius 1 is 1.23 bits per heavy atom. The number of carbonyl (C=O) groups excluding carboxylic acids is 1. The number of benzene rings is 1. The van der Waals surface area contributed by atoms with Gasteiger partial charge in [0.25, 0.3) is 0 Å². The largest absolute Gasteiger partial charge is 0.492 e. The van der Waals surface area contributed by atoms with Crippen LogP contribution in [0.2, 0.25) is 0 Å². The molecule has 1 rings (SSSR count). The Morgan fingerprint density at radius 3 is 2.50 bits per heavy atom. The third kappa shape index (κ3) is 7.23. The van der Waals surface area contributed by atoms with E-state index in [1.165, 1.54) is 0 Å². The average Bonchev–Trinajstić information content (AvgIpc) is 2.60. The predicted molar refractivity (Wildman–Crippen MR) is 106 cm³/mol. The van der Waals surface area contributed by atoms with Crippen molar-refractivity contribution < 1.29 is 17.9 Å². The number of rotatable bonds is 12. The summed E-state index contributed by atoms with van der Waals surface area (Å²) in [4.78, 5) is 12.4. The fraction of sp³-hybridized carbons (Fsp3) is 0.632. The lowest BCUT2D eigenvalue weighted by Crippen LogP contribution is -2.41. The molecule has 0 heterocycles. The number of sulfonamides is 1. The first kappa shape index (κ1) is 22.3. The monoisotopic (exact) mass is 384 g/mol. The average molecular weight is 385 g/mol. The third-order valence-electron chi connectivity index (χ3n) is 4.25. The Kier molecular flexibility index (Phi) is 9.48. The molecule has 0 saturated carbocycles. The molecule has 0 unspecified atom stereocenters. The number of ether oxygens (including phenoxy) is 1. The number of hydrogen-bond acceptors (Lipinski definition) is 4.